The highest BCUT2D eigenvalue weighted by Crippen LogP contribution is 2.25. The molecule has 0 amide bonds. The second-order valence-electron chi connectivity index (χ2n) is 5.99. The van der Waals surface area contributed by atoms with Gasteiger partial charge in [-0.3, -0.25) is 4.79 Å². The van der Waals surface area contributed by atoms with Crippen LogP contribution in [0.5, 0.6) is 5.75 Å². The molecule has 4 aromatic rings. The Kier molecular flexibility index (Phi) is 4.66. The molecule has 0 bridgehead atoms. The fourth-order valence-corrected chi connectivity index (χ4v) is 3.80. The lowest BCUT2D eigenvalue weighted by atomic mass is 10.1. The lowest BCUT2D eigenvalue weighted by molar-refractivity contribution is 0.485. The maximum atomic E-state index is 12.7. The Morgan fingerprint density at radius 2 is 1.61 bits per heavy atom. The predicted molar refractivity (Wildman–Crippen MR) is 107 cm³/mol. The Balaban J connectivity index is 1.71. The van der Waals surface area contributed by atoms with Crippen LogP contribution < -0.4 is 9.61 Å². The number of benzene rings is 3. The molecule has 1 heterocycles. The summed E-state index contributed by atoms with van der Waals surface area (Å²) in [5, 5.41) is 0.748. The van der Waals surface area contributed by atoms with Crippen molar-refractivity contribution in [3.63, 3.8) is 0 Å². The molecule has 5 nitrogen and oxygen atoms in total. The Labute approximate surface area is 165 Å². The van der Waals surface area contributed by atoms with E-state index in [4.69, 9.17) is 20.2 Å². The van der Waals surface area contributed by atoms with Gasteiger partial charge in [0.15, 0.2) is 5.43 Å². The summed E-state index contributed by atoms with van der Waals surface area (Å²) >= 11 is 5.78. The smallest absolute Gasteiger partial charge is 0.339 e. The summed E-state index contributed by atoms with van der Waals surface area (Å²) in [6.07, 6.45) is 1.36. The molecule has 0 saturated carbocycles. The van der Waals surface area contributed by atoms with E-state index in [1.54, 1.807) is 0 Å². The molecule has 0 aliphatic rings. The first kappa shape index (κ1) is 18.3. The maximum absolute atomic E-state index is 12.7. The van der Waals surface area contributed by atoms with Crippen LogP contribution >= 0.6 is 11.6 Å². The van der Waals surface area contributed by atoms with Gasteiger partial charge >= 0.3 is 10.1 Å². The van der Waals surface area contributed by atoms with E-state index in [0.717, 1.165) is 5.56 Å². The van der Waals surface area contributed by atoms with Gasteiger partial charge in [0.05, 0.1) is 10.9 Å². The number of fused-ring (bicyclic) bond motifs is 1. The minimum absolute atomic E-state index is 0.0297. The predicted octanol–water partition coefficient (Wildman–Crippen LogP) is 4.88. The standard InChI is InChI=1S/C21H13ClO5S/c22-15-6-9-17(10-7-15)28(24,25)27-16-8-11-18-20(12-16)26-13-19(21(18)23)14-4-2-1-3-5-14/h1-13H. The fraction of sp³-hybridized carbons (Fsp3) is 0. The largest absolute Gasteiger partial charge is 0.463 e. The van der Waals surface area contributed by atoms with E-state index in [2.05, 4.69) is 0 Å². The summed E-state index contributed by atoms with van der Waals surface area (Å²) in [6.45, 7) is 0. The lowest BCUT2D eigenvalue weighted by Crippen LogP contribution is -2.10. The van der Waals surface area contributed by atoms with E-state index in [1.807, 2.05) is 30.3 Å². The van der Waals surface area contributed by atoms with Crippen LogP contribution in [0.3, 0.4) is 0 Å². The van der Waals surface area contributed by atoms with Crippen LogP contribution in [0.25, 0.3) is 22.1 Å². The average Bonchev–Trinajstić information content (AvgIpc) is 2.69. The van der Waals surface area contributed by atoms with Crippen molar-refractivity contribution >= 4 is 32.7 Å². The Morgan fingerprint density at radius 1 is 0.893 bits per heavy atom. The second-order valence-corrected chi connectivity index (χ2v) is 7.98. The summed E-state index contributed by atoms with van der Waals surface area (Å²) in [6, 6.07) is 19.1. The summed E-state index contributed by atoms with van der Waals surface area (Å²) < 4.78 is 35.5. The molecule has 28 heavy (non-hydrogen) atoms. The van der Waals surface area contributed by atoms with Crippen LogP contribution in [-0.2, 0) is 10.1 Å². The van der Waals surface area contributed by atoms with Gasteiger partial charge in [0.1, 0.15) is 22.5 Å². The molecule has 0 radical (unpaired) electrons. The molecule has 4 rings (SSSR count). The van der Waals surface area contributed by atoms with Crippen molar-refractivity contribution in [1.29, 1.82) is 0 Å². The van der Waals surface area contributed by atoms with Gasteiger partial charge in [-0.2, -0.15) is 8.42 Å². The normalized spacial score (nSPS) is 11.5. The maximum Gasteiger partial charge on any atom is 0.339 e. The van der Waals surface area contributed by atoms with Crippen molar-refractivity contribution in [2.45, 2.75) is 4.90 Å². The van der Waals surface area contributed by atoms with E-state index in [1.165, 1.54) is 48.7 Å². The van der Waals surface area contributed by atoms with Crippen molar-refractivity contribution in [3.05, 3.63) is 94.3 Å². The van der Waals surface area contributed by atoms with E-state index in [9.17, 15) is 13.2 Å². The van der Waals surface area contributed by atoms with Gasteiger partial charge in [0.2, 0.25) is 0 Å². The topological polar surface area (TPSA) is 73.6 Å². The Bertz CT molecular complexity index is 1310. The molecule has 0 unspecified atom stereocenters. The number of rotatable bonds is 4. The zero-order valence-electron chi connectivity index (χ0n) is 14.3. The molecular weight excluding hydrogens is 400 g/mol. The number of hydrogen-bond donors (Lipinski definition) is 0. The van der Waals surface area contributed by atoms with E-state index in [0.29, 0.717) is 16.0 Å². The van der Waals surface area contributed by atoms with Gasteiger partial charge in [-0.25, -0.2) is 0 Å². The van der Waals surface area contributed by atoms with E-state index >= 15 is 0 Å². The average molecular weight is 413 g/mol. The fourth-order valence-electron chi connectivity index (χ4n) is 2.75. The summed E-state index contributed by atoms with van der Waals surface area (Å²) in [5.41, 5.74) is 1.19. The molecular formula is C21H13ClO5S. The van der Waals surface area contributed by atoms with Crippen molar-refractivity contribution in [2.24, 2.45) is 0 Å². The quantitative estimate of drug-likeness (QED) is 0.446. The first-order chi connectivity index (χ1) is 13.4. The zero-order valence-corrected chi connectivity index (χ0v) is 15.9. The van der Waals surface area contributed by atoms with Crippen LogP contribution in [0.1, 0.15) is 0 Å². The molecule has 0 fully saturated rings. The molecule has 0 atom stereocenters. The third-order valence-corrected chi connectivity index (χ3v) is 5.65. The minimum atomic E-state index is -4.04. The minimum Gasteiger partial charge on any atom is -0.463 e. The Morgan fingerprint density at radius 3 is 2.32 bits per heavy atom. The van der Waals surface area contributed by atoms with Gasteiger partial charge in [-0.1, -0.05) is 41.9 Å². The number of hydrogen-bond acceptors (Lipinski definition) is 5. The number of halogens is 1. The summed E-state index contributed by atoms with van der Waals surface area (Å²) in [7, 11) is -4.04. The second kappa shape index (κ2) is 7.14. The molecule has 1 aromatic heterocycles. The van der Waals surface area contributed by atoms with Gasteiger partial charge in [-0.15, -0.1) is 0 Å². The Hall–Kier alpha value is -3.09. The van der Waals surface area contributed by atoms with Gasteiger partial charge < -0.3 is 8.60 Å². The zero-order chi connectivity index (χ0) is 19.7. The van der Waals surface area contributed by atoms with Crippen LogP contribution in [0, 0.1) is 0 Å². The first-order valence-electron chi connectivity index (χ1n) is 8.25. The molecule has 0 N–H and O–H groups in total. The van der Waals surface area contributed by atoms with Crippen molar-refractivity contribution in [3.8, 4) is 16.9 Å². The molecule has 3 aromatic carbocycles. The summed E-state index contributed by atoms with van der Waals surface area (Å²) in [5.74, 6) is 0.0399. The van der Waals surface area contributed by atoms with Gasteiger partial charge in [0.25, 0.3) is 0 Å². The third kappa shape index (κ3) is 3.52. The van der Waals surface area contributed by atoms with Crippen molar-refractivity contribution < 1.29 is 17.0 Å². The van der Waals surface area contributed by atoms with Crippen molar-refractivity contribution in [1.82, 2.24) is 0 Å². The van der Waals surface area contributed by atoms with E-state index < -0.39 is 10.1 Å². The molecule has 0 saturated heterocycles. The molecule has 0 spiro atoms. The molecule has 0 aliphatic heterocycles. The van der Waals surface area contributed by atoms with Crippen LogP contribution in [0.4, 0.5) is 0 Å². The highest BCUT2D eigenvalue weighted by atomic mass is 35.5. The first-order valence-corrected chi connectivity index (χ1v) is 10.0. The molecule has 0 aliphatic carbocycles. The molecule has 7 heteroatoms. The SMILES string of the molecule is O=c1c(-c2ccccc2)coc2cc(OS(=O)(=O)c3ccc(Cl)cc3)ccc12. The van der Waals surface area contributed by atoms with Crippen molar-refractivity contribution in [2.75, 3.05) is 0 Å². The highest BCUT2D eigenvalue weighted by molar-refractivity contribution is 7.87. The third-order valence-electron chi connectivity index (χ3n) is 4.14. The van der Waals surface area contributed by atoms with Gasteiger partial charge in [-0.05, 0) is 42.0 Å². The van der Waals surface area contributed by atoms with E-state index in [-0.39, 0.29) is 21.7 Å². The van der Waals surface area contributed by atoms with Gasteiger partial charge in [0, 0.05) is 11.1 Å². The highest BCUT2D eigenvalue weighted by Gasteiger charge is 2.18. The molecule has 140 valence electrons. The van der Waals surface area contributed by atoms with Crippen LogP contribution in [0.2, 0.25) is 5.02 Å². The lowest BCUT2D eigenvalue weighted by Gasteiger charge is -2.08. The monoisotopic (exact) mass is 412 g/mol. The summed E-state index contributed by atoms with van der Waals surface area (Å²) in [4.78, 5) is 12.7. The van der Waals surface area contributed by atoms with Crippen LogP contribution in [-0.4, -0.2) is 8.42 Å². The van der Waals surface area contributed by atoms with Crippen LogP contribution in [0.15, 0.2) is 93.2 Å².